The third-order valence-corrected chi connectivity index (χ3v) is 4.30. The minimum absolute atomic E-state index is 0.207. The molecule has 1 aromatic carbocycles. The molecule has 2 aromatic rings. The first-order valence-electron chi connectivity index (χ1n) is 7.74. The summed E-state index contributed by atoms with van der Waals surface area (Å²) in [6, 6.07) is 7.00. The summed E-state index contributed by atoms with van der Waals surface area (Å²) in [5.41, 5.74) is 1.90. The highest BCUT2D eigenvalue weighted by Gasteiger charge is 2.20. The van der Waals surface area contributed by atoms with Crippen molar-refractivity contribution in [1.82, 2.24) is 15.3 Å². The van der Waals surface area contributed by atoms with E-state index < -0.39 is 0 Å². The monoisotopic (exact) mass is 330 g/mol. The van der Waals surface area contributed by atoms with Gasteiger partial charge in [-0.15, -0.1) is 0 Å². The normalized spacial score (nSPS) is 15.4. The van der Waals surface area contributed by atoms with Crippen LogP contribution in [0.2, 0.25) is 5.02 Å². The summed E-state index contributed by atoms with van der Waals surface area (Å²) < 4.78 is 0. The van der Waals surface area contributed by atoms with Crippen molar-refractivity contribution < 1.29 is 4.79 Å². The number of halogens is 1. The molecule has 0 spiro atoms. The number of hydrogen-bond acceptors (Lipinski definition) is 4. The highest BCUT2D eigenvalue weighted by molar-refractivity contribution is 6.30. The van der Waals surface area contributed by atoms with E-state index in [1.165, 1.54) is 0 Å². The first kappa shape index (κ1) is 15.9. The van der Waals surface area contributed by atoms with Crippen LogP contribution in [-0.2, 0) is 0 Å². The van der Waals surface area contributed by atoms with Gasteiger partial charge in [-0.1, -0.05) is 11.6 Å². The number of nitrogens with one attached hydrogen (secondary N) is 2. The number of amides is 1. The van der Waals surface area contributed by atoms with Crippen LogP contribution in [0.1, 0.15) is 40.6 Å². The zero-order chi connectivity index (χ0) is 16.2. The topological polar surface area (TPSA) is 66.9 Å². The molecule has 0 saturated carbocycles. The minimum Gasteiger partial charge on any atom is -0.322 e. The molecule has 1 aliphatic rings. The Bertz CT molecular complexity index is 696. The molecule has 1 fully saturated rings. The second-order valence-electron chi connectivity index (χ2n) is 5.71. The second-order valence-corrected chi connectivity index (χ2v) is 6.15. The van der Waals surface area contributed by atoms with Crippen molar-refractivity contribution in [2.75, 3.05) is 18.4 Å². The van der Waals surface area contributed by atoms with E-state index in [9.17, 15) is 4.79 Å². The third kappa shape index (κ3) is 3.86. The molecule has 1 saturated heterocycles. The molecule has 120 valence electrons. The SMILES string of the molecule is Cc1nc(C2CCNCC2)ncc1C(=O)Nc1ccc(Cl)cc1. The highest BCUT2D eigenvalue weighted by atomic mass is 35.5. The molecule has 3 rings (SSSR count). The number of hydrogen-bond donors (Lipinski definition) is 2. The lowest BCUT2D eigenvalue weighted by Gasteiger charge is -2.21. The molecule has 1 amide bonds. The molecule has 0 atom stereocenters. The van der Waals surface area contributed by atoms with Crippen LogP contribution < -0.4 is 10.6 Å². The fourth-order valence-electron chi connectivity index (χ4n) is 2.72. The summed E-state index contributed by atoms with van der Waals surface area (Å²) in [6.07, 6.45) is 3.70. The number of carbonyl (C=O) groups excluding carboxylic acids is 1. The Morgan fingerprint density at radius 1 is 1.26 bits per heavy atom. The van der Waals surface area contributed by atoms with E-state index in [1.54, 1.807) is 30.5 Å². The van der Waals surface area contributed by atoms with Gasteiger partial charge < -0.3 is 10.6 Å². The van der Waals surface area contributed by atoms with E-state index in [4.69, 9.17) is 11.6 Å². The summed E-state index contributed by atoms with van der Waals surface area (Å²) in [5, 5.41) is 6.80. The Hall–Kier alpha value is -1.98. The lowest BCUT2D eigenvalue weighted by atomic mass is 9.97. The van der Waals surface area contributed by atoms with Crippen molar-refractivity contribution >= 4 is 23.2 Å². The molecule has 0 unspecified atom stereocenters. The Morgan fingerprint density at radius 2 is 1.96 bits per heavy atom. The van der Waals surface area contributed by atoms with Gasteiger partial charge in [-0.3, -0.25) is 4.79 Å². The van der Waals surface area contributed by atoms with Crippen LogP contribution >= 0.6 is 11.6 Å². The van der Waals surface area contributed by atoms with E-state index in [2.05, 4.69) is 20.6 Å². The van der Waals surface area contributed by atoms with Gasteiger partial charge in [0.2, 0.25) is 0 Å². The molecule has 2 N–H and O–H groups in total. The van der Waals surface area contributed by atoms with Gasteiger partial charge in [0, 0.05) is 22.8 Å². The molecule has 1 aromatic heterocycles. The van der Waals surface area contributed by atoms with Gasteiger partial charge in [0.05, 0.1) is 11.3 Å². The van der Waals surface area contributed by atoms with Crippen molar-refractivity contribution in [3.63, 3.8) is 0 Å². The molecular formula is C17H19ClN4O. The largest absolute Gasteiger partial charge is 0.322 e. The van der Waals surface area contributed by atoms with Crippen LogP contribution in [0.3, 0.4) is 0 Å². The van der Waals surface area contributed by atoms with E-state index in [0.29, 0.717) is 27.9 Å². The van der Waals surface area contributed by atoms with Crippen molar-refractivity contribution in [2.24, 2.45) is 0 Å². The first-order chi connectivity index (χ1) is 11.1. The van der Waals surface area contributed by atoms with Gasteiger partial charge in [0.1, 0.15) is 5.82 Å². The number of aromatic nitrogens is 2. The maximum Gasteiger partial charge on any atom is 0.259 e. The number of anilines is 1. The third-order valence-electron chi connectivity index (χ3n) is 4.05. The van der Waals surface area contributed by atoms with Crippen LogP contribution in [0.5, 0.6) is 0 Å². The minimum atomic E-state index is -0.207. The molecular weight excluding hydrogens is 312 g/mol. The van der Waals surface area contributed by atoms with Crippen molar-refractivity contribution in [3.8, 4) is 0 Å². The van der Waals surface area contributed by atoms with Gasteiger partial charge in [-0.05, 0) is 57.1 Å². The summed E-state index contributed by atoms with van der Waals surface area (Å²) in [5.74, 6) is 1.01. The van der Waals surface area contributed by atoms with Gasteiger partial charge >= 0.3 is 0 Å². The molecule has 1 aliphatic heterocycles. The fourth-order valence-corrected chi connectivity index (χ4v) is 2.84. The van der Waals surface area contributed by atoms with Crippen molar-refractivity contribution in [3.05, 3.63) is 52.6 Å². The number of nitrogens with zero attached hydrogens (tertiary/aromatic N) is 2. The zero-order valence-electron chi connectivity index (χ0n) is 13.0. The number of benzene rings is 1. The van der Waals surface area contributed by atoms with Gasteiger partial charge in [0.15, 0.2) is 0 Å². The first-order valence-corrected chi connectivity index (χ1v) is 8.12. The van der Waals surface area contributed by atoms with Crippen molar-refractivity contribution in [1.29, 1.82) is 0 Å². The maximum atomic E-state index is 12.4. The molecule has 6 heteroatoms. The van der Waals surface area contributed by atoms with E-state index in [1.807, 2.05) is 6.92 Å². The average molecular weight is 331 g/mol. The van der Waals surface area contributed by atoms with E-state index >= 15 is 0 Å². The number of aryl methyl sites for hydroxylation is 1. The predicted octanol–water partition coefficient (Wildman–Crippen LogP) is 3.16. The van der Waals surface area contributed by atoms with Gasteiger partial charge in [-0.2, -0.15) is 0 Å². The summed E-state index contributed by atoms with van der Waals surface area (Å²) >= 11 is 5.84. The molecule has 2 heterocycles. The zero-order valence-corrected chi connectivity index (χ0v) is 13.7. The van der Waals surface area contributed by atoms with Gasteiger partial charge in [-0.25, -0.2) is 9.97 Å². The fraction of sp³-hybridized carbons (Fsp3) is 0.353. The molecule has 23 heavy (non-hydrogen) atoms. The number of piperidine rings is 1. The van der Waals surface area contributed by atoms with Crippen LogP contribution in [-0.4, -0.2) is 29.0 Å². The molecule has 0 radical (unpaired) electrons. The van der Waals surface area contributed by atoms with Crippen LogP contribution in [0.25, 0.3) is 0 Å². The Balaban J connectivity index is 1.74. The van der Waals surface area contributed by atoms with Crippen molar-refractivity contribution in [2.45, 2.75) is 25.7 Å². The quantitative estimate of drug-likeness (QED) is 0.907. The number of rotatable bonds is 3. The summed E-state index contributed by atoms with van der Waals surface area (Å²) in [4.78, 5) is 21.3. The second kappa shape index (κ2) is 7.06. The summed E-state index contributed by atoms with van der Waals surface area (Å²) in [7, 11) is 0. The highest BCUT2D eigenvalue weighted by Crippen LogP contribution is 2.23. The Morgan fingerprint density at radius 3 is 2.61 bits per heavy atom. The van der Waals surface area contributed by atoms with Crippen LogP contribution in [0.15, 0.2) is 30.5 Å². The van der Waals surface area contributed by atoms with Gasteiger partial charge in [0.25, 0.3) is 5.91 Å². The average Bonchev–Trinajstić information content (AvgIpc) is 2.57. The standard InChI is InChI=1S/C17H19ClN4O/c1-11-15(17(23)22-14-4-2-13(18)3-5-14)10-20-16(21-11)12-6-8-19-9-7-12/h2-5,10,12,19H,6-9H2,1H3,(H,22,23). The smallest absolute Gasteiger partial charge is 0.259 e. The molecule has 0 aliphatic carbocycles. The predicted molar refractivity (Wildman–Crippen MR) is 91.0 cm³/mol. The maximum absolute atomic E-state index is 12.4. The van der Waals surface area contributed by atoms with E-state index in [0.717, 1.165) is 31.8 Å². The van der Waals surface area contributed by atoms with E-state index in [-0.39, 0.29) is 5.91 Å². The molecule has 5 nitrogen and oxygen atoms in total. The Kier molecular flexibility index (Phi) is 4.88. The van der Waals surface area contributed by atoms with Crippen LogP contribution in [0.4, 0.5) is 5.69 Å². The summed E-state index contributed by atoms with van der Waals surface area (Å²) in [6.45, 7) is 3.83. The lowest BCUT2D eigenvalue weighted by Crippen LogP contribution is -2.28. The number of carbonyl (C=O) groups is 1. The Labute approximate surface area is 140 Å². The van der Waals surface area contributed by atoms with Crippen LogP contribution in [0, 0.1) is 6.92 Å². The molecule has 0 bridgehead atoms. The lowest BCUT2D eigenvalue weighted by molar-refractivity contribution is 0.102.